The normalized spacial score (nSPS) is 12.4. The summed E-state index contributed by atoms with van der Waals surface area (Å²) in [6, 6.07) is 11.1. The Hall–Kier alpha value is -4.14. The van der Waals surface area contributed by atoms with Crippen molar-refractivity contribution in [3.8, 4) is 5.69 Å². The Balaban J connectivity index is 1.71. The third-order valence-corrected chi connectivity index (χ3v) is 5.09. The van der Waals surface area contributed by atoms with E-state index in [-0.39, 0.29) is 5.39 Å². The second-order valence-corrected chi connectivity index (χ2v) is 7.11. The number of aromatic nitrogens is 5. The number of pyridine rings is 1. The van der Waals surface area contributed by atoms with Crippen molar-refractivity contribution in [3.63, 3.8) is 0 Å². The summed E-state index contributed by atoms with van der Waals surface area (Å²) in [4.78, 5) is 28.9. The number of nitrogens with one attached hydrogen (secondary N) is 2. The molecule has 0 aliphatic carbocycles. The standard InChI is InChI=1S/C22H16F2N6O/c1-12(29-21-19-20(26-10-25-19)27-11-28-21)18-7-13-5-6-15(24)9-17(13)22(31)30(18)16-4-2-3-14(23)8-16/h2-12H,1H3,(H2,25,26,27,28,29)/t12-/m0/s1. The molecule has 0 amide bonds. The smallest absolute Gasteiger partial charge is 0.263 e. The van der Waals surface area contributed by atoms with Crippen LogP contribution in [0.3, 0.4) is 0 Å². The number of imidazole rings is 1. The SMILES string of the molecule is C[C@H](Nc1ncnc2[nH]cnc12)c1cc2ccc(F)cc2c(=O)n1-c1cccc(F)c1. The number of anilines is 1. The Morgan fingerprint density at radius 1 is 1.03 bits per heavy atom. The van der Waals surface area contributed by atoms with Gasteiger partial charge in [-0.25, -0.2) is 23.7 Å². The molecule has 5 aromatic rings. The molecule has 0 saturated heterocycles. The van der Waals surface area contributed by atoms with Crippen LogP contribution in [0.15, 0.2) is 66.0 Å². The van der Waals surface area contributed by atoms with Crippen LogP contribution in [0.5, 0.6) is 0 Å². The predicted molar refractivity (Wildman–Crippen MR) is 113 cm³/mol. The van der Waals surface area contributed by atoms with Crippen molar-refractivity contribution in [3.05, 3.63) is 88.9 Å². The Morgan fingerprint density at radius 2 is 1.87 bits per heavy atom. The largest absolute Gasteiger partial charge is 0.360 e. The van der Waals surface area contributed by atoms with Crippen LogP contribution in [0.4, 0.5) is 14.6 Å². The molecule has 5 rings (SSSR count). The van der Waals surface area contributed by atoms with E-state index >= 15 is 0 Å². The van der Waals surface area contributed by atoms with Gasteiger partial charge in [-0.3, -0.25) is 9.36 Å². The van der Waals surface area contributed by atoms with Gasteiger partial charge in [0, 0.05) is 5.69 Å². The van der Waals surface area contributed by atoms with E-state index < -0.39 is 23.2 Å². The van der Waals surface area contributed by atoms with E-state index in [1.807, 2.05) is 6.92 Å². The Bertz CT molecular complexity index is 1490. The summed E-state index contributed by atoms with van der Waals surface area (Å²) >= 11 is 0. The summed E-state index contributed by atoms with van der Waals surface area (Å²) in [6.45, 7) is 1.85. The zero-order valence-electron chi connectivity index (χ0n) is 16.3. The van der Waals surface area contributed by atoms with E-state index in [0.29, 0.717) is 33.7 Å². The van der Waals surface area contributed by atoms with Gasteiger partial charge in [-0.05, 0) is 48.7 Å². The first-order chi connectivity index (χ1) is 15.0. The zero-order valence-corrected chi connectivity index (χ0v) is 16.3. The Labute approximate surface area is 174 Å². The molecule has 154 valence electrons. The average Bonchev–Trinajstić information content (AvgIpc) is 3.24. The zero-order chi connectivity index (χ0) is 21.5. The van der Waals surface area contributed by atoms with Gasteiger partial charge < -0.3 is 10.3 Å². The van der Waals surface area contributed by atoms with Gasteiger partial charge in [-0.2, -0.15) is 0 Å². The van der Waals surface area contributed by atoms with Gasteiger partial charge in [-0.1, -0.05) is 12.1 Å². The number of halogens is 2. The van der Waals surface area contributed by atoms with Crippen LogP contribution in [0, 0.1) is 11.6 Å². The molecule has 31 heavy (non-hydrogen) atoms. The number of nitrogens with zero attached hydrogens (tertiary/aromatic N) is 4. The molecule has 0 fully saturated rings. The van der Waals surface area contributed by atoms with Crippen molar-refractivity contribution in [2.75, 3.05) is 5.32 Å². The highest BCUT2D eigenvalue weighted by Gasteiger charge is 2.19. The molecule has 9 heteroatoms. The monoisotopic (exact) mass is 418 g/mol. The molecule has 1 atom stereocenters. The maximum atomic E-state index is 14.0. The Morgan fingerprint density at radius 3 is 2.71 bits per heavy atom. The Kier molecular flexibility index (Phi) is 4.43. The van der Waals surface area contributed by atoms with Crippen molar-refractivity contribution >= 4 is 27.8 Å². The molecule has 3 aromatic heterocycles. The van der Waals surface area contributed by atoms with Gasteiger partial charge in [0.15, 0.2) is 11.5 Å². The highest BCUT2D eigenvalue weighted by atomic mass is 19.1. The molecule has 3 heterocycles. The molecule has 2 aromatic carbocycles. The molecule has 0 aliphatic heterocycles. The van der Waals surface area contributed by atoms with Crippen molar-refractivity contribution in [2.24, 2.45) is 0 Å². The van der Waals surface area contributed by atoms with Gasteiger partial charge in [0.1, 0.15) is 23.5 Å². The molecular formula is C22H16F2N6O. The quantitative estimate of drug-likeness (QED) is 0.459. The summed E-state index contributed by atoms with van der Waals surface area (Å²) in [7, 11) is 0. The summed E-state index contributed by atoms with van der Waals surface area (Å²) in [5.41, 5.74) is 1.57. The third kappa shape index (κ3) is 3.29. The number of rotatable bonds is 4. The lowest BCUT2D eigenvalue weighted by atomic mass is 10.1. The van der Waals surface area contributed by atoms with Gasteiger partial charge in [0.05, 0.1) is 23.4 Å². The predicted octanol–water partition coefficient (Wildman–Crippen LogP) is 4.11. The van der Waals surface area contributed by atoms with Gasteiger partial charge in [0.2, 0.25) is 0 Å². The second-order valence-electron chi connectivity index (χ2n) is 7.11. The molecule has 0 saturated carbocycles. The van der Waals surface area contributed by atoms with Crippen molar-refractivity contribution in [2.45, 2.75) is 13.0 Å². The number of aromatic amines is 1. The lowest BCUT2D eigenvalue weighted by Gasteiger charge is -2.21. The molecule has 0 bridgehead atoms. The minimum Gasteiger partial charge on any atom is -0.360 e. The second kappa shape index (κ2) is 7.28. The molecule has 2 N–H and O–H groups in total. The van der Waals surface area contributed by atoms with Crippen molar-refractivity contribution < 1.29 is 8.78 Å². The fourth-order valence-electron chi connectivity index (χ4n) is 3.65. The molecule has 0 unspecified atom stereocenters. The number of fused-ring (bicyclic) bond motifs is 2. The summed E-state index contributed by atoms with van der Waals surface area (Å²) in [5.74, 6) is -0.517. The van der Waals surface area contributed by atoms with E-state index in [0.717, 1.165) is 0 Å². The third-order valence-electron chi connectivity index (χ3n) is 5.09. The van der Waals surface area contributed by atoms with E-state index in [2.05, 4.69) is 25.3 Å². The number of benzene rings is 2. The van der Waals surface area contributed by atoms with Crippen LogP contribution in [-0.2, 0) is 0 Å². The van der Waals surface area contributed by atoms with Gasteiger partial charge in [0.25, 0.3) is 5.56 Å². The average molecular weight is 418 g/mol. The first-order valence-electron chi connectivity index (χ1n) is 9.53. The van der Waals surface area contributed by atoms with Gasteiger partial charge >= 0.3 is 0 Å². The van der Waals surface area contributed by atoms with Gasteiger partial charge in [-0.15, -0.1) is 0 Å². The number of hydrogen-bond acceptors (Lipinski definition) is 5. The molecule has 0 radical (unpaired) electrons. The number of hydrogen-bond donors (Lipinski definition) is 2. The summed E-state index contributed by atoms with van der Waals surface area (Å²) in [6.07, 6.45) is 2.92. The molecule has 0 spiro atoms. The van der Waals surface area contributed by atoms with Crippen LogP contribution < -0.4 is 10.9 Å². The minimum absolute atomic E-state index is 0.205. The van der Waals surface area contributed by atoms with Crippen LogP contribution in [0.2, 0.25) is 0 Å². The van der Waals surface area contributed by atoms with Crippen LogP contribution in [-0.4, -0.2) is 24.5 Å². The van der Waals surface area contributed by atoms with Crippen molar-refractivity contribution in [1.29, 1.82) is 0 Å². The molecular weight excluding hydrogens is 402 g/mol. The highest BCUT2D eigenvalue weighted by Crippen LogP contribution is 2.26. The lowest BCUT2D eigenvalue weighted by molar-refractivity contribution is 0.625. The topological polar surface area (TPSA) is 88.5 Å². The molecule has 0 aliphatic rings. The fraction of sp³-hybridized carbons (Fsp3) is 0.0909. The van der Waals surface area contributed by atoms with E-state index in [4.69, 9.17) is 0 Å². The minimum atomic E-state index is -0.517. The van der Waals surface area contributed by atoms with Crippen molar-refractivity contribution in [1.82, 2.24) is 24.5 Å². The first-order valence-corrected chi connectivity index (χ1v) is 9.53. The highest BCUT2D eigenvalue weighted by molar-refractivity contribution is 5.84. The fourth-order valence-corrected chi connectivity index (χ4v) is 3.65. The summed E-state index contributed by atoms with van der Waals surface area (Å²) in [5, 5.41) is 4.04. The maximum absolute atomic E-state index is 14.0. The van der Waals surface area contributed by atoms with E-state index in [9.17, 15) is 13.6 Å². The first kappa shape index (κ1) is 18.9. The lowest BCUT2D eigenvalue weighted by Crippen LogP contribution is -2.26. The number of H-pyrrole nitrogens is 1. The van der Waals surface area contributed by atoms with E-state index in [1.165, 1.54) is 47.6 Å². The van der Waals surface area contributed by atoms with Crippen LogP contribution in [0.25, 0.3) is 27.6 Å². The van der Waals surface area contributed by atoms with Crippen LogP contribution >= 0.6 is 0 Å². The maximum Gasteiger partial charge on any atom is 0.263 e. The summed E-state index contributed by atoms with van der Waals surface area (Å²) < 4.78 is 29.2. The van der Waals surface area contributed by atoms with E-state index in [1.54, 1.807) is 18.2 Å². The van der Waals surface area contributed by atoms with Crippen LogP contribution in [0.1, 0.15) is 18.7 Å². The molecule has 7 nitrogen and oxygen atoms in total.